The van der Waals surface area contributed by atoms with Crippen LogP contribution in [0.5, 0.6) is 0 Å². The summed E-state index contributed by atoms with van der Waals surface area (Å²) in [6, 6.07) is 1.05. The highest BCUT2D eigenvalue weighted by Crippen LogP contribution is 2.39. The van der Waals surface area contributed by atoms with Crippen molar-refractivity contribution in [2.24, 2.45) is 0 Å². The molecular formula is C7H2BrClF3NO2. The third-order valence-corrected chi connectivity index (χ3v) is 2.89. The minimum absolute atomic E-state index is 0.165. The maximum atomic E-state index is 12.2. The molecule has 1 rings (SSSR count). The largest absolute Gasteiger partial charge is 0.416 e. The molecule has 0 heterocycles. The van der Waals surface area contributed by atoms with Crippen molar-refractivity contribution in [3.8, 4) is 0 Å². The average molecular weight is 304 g/mol. The third-order valence-electron chi connectivity index (χ3n) is 1.53. The molecule has 0 radical (unpaired) electrons. The minimum Gasteiger partial charge on any atom is -0.258 e. The van der Waals surface area contributed by atoms with Crippen molar-refractivity contribution in [2.45, 2.75) is 6.18 Å². The number of nitro groups is 1. The number of benzene rings is 1. The molecule has 0 aromatic heterocycles. The molecule has 0 saturated heterocycles. The van der Waals surface area contributed by atoms with Gasteiger partial charge in [-0.15, -0.1) is 0 Å². The molecule has 8 heteroatoms. The van der Waals surface area contributed by atoms with Gasteiger partial charge in [0.05, 0.1) is 15.5 Å². The summed E-state index contributed by atoms with van der Waals surface area (Å²) in [5.41, 5.74) is -1.86. The van der Waals surface area contributed by atoms with E-state index >= 15 is 0 Å². The van der Waals surface area contributed by atoms with Crippen LogP contribution in [0, 0.1) is 10.1 Å². The summed E-state index contributed by atoms with van der Waals surface area (Å²) in [6.07, 6.45) is -4.66. The van der Waals surface area contributed by atoms with E-state index in [1.807, 2.05) is 0 Å². The maximum Gasteiger partial charge on any atom is 0.416 e. The van der Waals surface area contributed by atoms with Crippen LogP contribution >= 0.6 is 27.5 Å². The van der Waals surface area contributed by atoms with E-state index in [2.05, 4.69) is 15.9 Å². The predicted octanol–water partition coefficient (Wildman–Crippen LogP) is 4.03. The molecule has 0 aliphatic heterocycles. The molecule has 82 valence electrons. The molecular weight excluding hydrogens is 302 g/mol. The summed E-state index contributed by atoms with van der Waals surface area (Å²) < 4.78 is 36.6. The summed E-state index contributed by atoms with van der Waals surface area (Å²) in [6.45, 7) is 0. The first-order chi connectivity index (χ1) is 6.73. The van der Waals surface area contributed by atoms with Crippen molar-refractivity contribution in [1.82, 2.24) is 0 Å². The summed E-state index contributed by atoms with van der Waals surface area (Å²) in [5.74, 6) is 0. The second-order valence-corrected chi connectivity index (χ2v) is 3.75. The first kappa shape index (κ1) is 12.3. The van der Waals surface area contributed by atoms with Crippen molar-refractivity contribution in [1.29, 1.82) is 0 Å². The van der Waals surface area contributed by atoms with E-state index in [1.165, 1.54) is 0 Å². The molecule has 0 bridgehead atoms. The zero-order chi connectivity index (χ0) is 11.8. The summed E-state index contributed by atoms with van der Waals surface area (Å²) in [7, 11) is 0. The summed E-state index contributed by atoms with van der Waals surface area (Å²) in [4.78, 5) is 9.46. The second-order valence-electron chi connectivity index (χ2n) is 2.55. The van der Waals surface area contributed by atoms with E-state index in [0.29, 0.717) is 12.1 Å². The highest BCUT2D eigenvalue weighted by Gasteiger charge is 2.33. The minimum atomic E-state index is -4.66. The zero-order valence-electron chi connectivity index (χ0n) is 6.81. The Morgan fingerprint density at radius 1 is 1.40 bits per heavy atom. The highest BCUT2D eigenvalue weighted by atomic mass is 79.9. The molecule has 1 aromatic rings. The van der Waals surface area contributed by atoms with Crippen LogP contribution in [0.3, 0.4) is 0 Å². The van der Waals surface area contributed by atoms with Gasteiger partial charge in [0.1, 0.15) is 4.47 Å². The summed E-state index contributed by atoms with van der Waals surface area (Å²) >= 11 is 8.16. The lowest BCUT2D eigenvalue weighted by Gasteiger charge is -2.07. The monoisotopic (exact) mass is 303 g/mol. The number of hydrogen-bond donors (Lipinski definition) is 0. The van der Waals surface area contributed by atoms with Crippen LogP contribution < -0.4 is 0 Å². The van der Waals surface area contributed by atoms with Crippen LogP contribution in [-0.2, 0) is 6.18 Å². The van der Waals surface area contributed by atoms with Crippen molar-refractivity contribution >= 4 is 33.2 Å². The van der Waals surface area contributed by atoms with Crippen LogP contribution in [0.15, 0.2) is 16.6 Å². The lowest BCUT2D eigenvalue weighted by atomic mass is 10.2. The third kappa shape index (κ3) is 2.60. The second kappa shape index (κ2) is 3.97. The Bertz CT molecular complexity index is 421. The van der Waals surface area contributed by atoms with Crippen LogP contribution in [0.4, 0.5) is 18.9 Å². The highest BCUT2D eigenvalue weighted by molar-refractivity contribution is 9.10. The van der Waals surface area contributed by atoms with Crippen LogP contribution in [0.1, 0.15) is 5.56 Å². The molecule has 0 saturated carbocycles. The topological polar surface area (TPSA) is 43.1 Å². The Hall–Kier alpha value is -0.820. The van der Waals surface area contributed by atoms with Gasteiger partial charge in [-0.05, 0) is 22.0 Å². The van der Waals surface area contributed by atoms with Crippen LogP contribution in [0.2, 0.25) is 5.02 Å². The van der Waals surface area contributed by atoms with Gasteiger partial charge >= 0.3 is 6.18 Å². The molecule has 0 amide bonds. The van der Waals surface area contributed by atoms with Gasteiger partial charge in [-0.3, -0.25) is 10.1 Å². The molecule has 0 fully saturated rings. The van der Waals surface area contributed by atoms with Crippen LogP contribution in [0.25, 0.3) is 0 Å². The fourth-order valence-corrected chi connectivity index (χ4v) is 1.46. The van der Waals surface area contributed by atoms with E-state index in [0.717, 1.165) is 0 Å². The SMILES string of the molecule is O=[N+]([O-])c1cc(C(F)(F)F)cc(Cl)c1Br. The van der Waals surface area contributed by atoms with Gasteiger partial charge in [0.2, 0.25) is 0 Å². The van der Waals surface area contributed by atoms with Gasteiger partial charge in [-0.25, -0.2) is 0 Å². The smallest absolute Gasteiger partial charge is 0.258 e. The fourth-order valence-electron chi connectivity index (χ4n) is 0.871. The molecule has 0 spiro atoms. The Kier molecular flexibility index (Phi) is 3.25. The standard InChI is InChI=1S/C7H2BrClF3NO2/c8-6-4(9)1-3(7(10,11)12)2-5(6)13(14)15/h1-2H. The molecule has 0 aliphatic carbocycles. The van der Waals surface area contributed by atoms with E-state index in [-0.39, 0.29) is 9.50 Å². The predicted molar refractivity (Wildman–Crippen MR) is 50.8 cm³/mol. The Labute approximate surface area is 95.1 Å². The number of rotatable bonds is 1. The van der Waals surface area contributed by atoms with E-state index in [9.17, 15) is 23.3 Å². The van der Waals surface area contributed by atoms with Gasteiger partial charge in [-0.1, -0.05) is 11.6 Å². The molecule has 0 aliphatic rings. The van der Waals surface area contributed by atoms with Crippen molar-refractivity contribution in [3.05, 3.63) is 37.3 Å². The van der Waals surface area contributed by atoms with Gasteiger partial charge in [-0.2, -0.15) is 13.2 Å². The number of alkyl halides is 3. The Morgan fingerprint density at radius 3 is 2.33 bits per heavy atom. The van der Waals surface area contributed by atoms with Gasteiger partial charge in [0.25, 0.3) is 5.69 Å². The first-order valence-electron chi connectivity index (χ1n) is 3.44. The maximum absolute atomic E-state index is 12.2. The molecule has 0 atom stereocenters. The molecule has 3 nitrogen and oxygen atoms in total. The Balaban J connectivity index is 3.43. The molecule has 0 unspecified atom stereocenters. The Morgan fingerprint density at radius 2 is 1.93 bits per heavy atom. The van der Waals surface area contributed by atoms with E-state index in [4.69, 9.17) is 11.6 Å². The van der Waals surface area contributed by atoms with Gasteiger partial charge in [0, 0.05) is 6.07 Å². The van der Waals surface area contributed by atoms with Crippen molar-refractivity contribution in [3.63, 3.8) is 0 Å². The normalized spacial score (nSPS) is 11.5. The van der Waals surface area contributed by atoms with E-state index < -0.39 is 22.4 Å². The lowest BCUT2D eigenvalue weighted by Crippen LogP contribution is -2.06. The van der Waals surface area contributed by atoms with Crippen LogP contribution in [-0.4, -0.2) is 4.92 Å². The molecule has 0 N–H and O–H groups in total. The van der Waals surface area contributed by atoms with Gasteiger partial charge in [0.15, 0.2) is 0 Å². The first-order valence-corrected chi connectivity index (χ1v) is 4.61. The van der Waals surface area contributed by atoms with Crippen molar-refractivity contribution < 1.29 is 18.1 Å². The number of nitro benzene ring substituents is 1. The van der Waals surface area contributed by atoms with Crippen molar-refractivity contribution in [2.75, 3.05) is 0 Å². The lowest BCUT2D eigenvalue weighted by molar-refractivity contribution is -0.385. The number of halogens is 5. The van der Waals surface area contributed by atoms with E-state index in [1.54, 1.807) is 0 Å². The number of nitrogens with zero attached hydrogens (tertiary/aromatic N) is 1. The van der Waals surface area contributed by atoms with Gasteiger partial charge < -0.3 is 0 Å². The summed E-state index contributed by atoms with van der Waals surface area (Å²) in [5, 5.41) is 10.1. The quantitative estimate of drug-likeness (QED) is 0.581. The zero-order valence-corrected chi connectivity index (χ0v) is 9.15. The molecule has 1 aromatic carbocycles. The number of hydrogen-bond acceptors (Lipinski definition) is 2. The molecule has 15 heavy (non-hydrogen) atoms. The fraction of sp³-hybridized carbons (Fsp3) is 0.143. The average Bonchev–Trinajstić information content (AvgIpc) is 2.06.